The molecule has 7 nitrogen and oxygen atoms in total. The molecule has 0 spiro atoms. The molecule has 1 fully saturated rings. The number of hydrogen-bond donors (Lipinski definition) is 3. The molecule has 0 saturated heterocycles. The number of urea groups is 1. The largest absolute Gasteiger partial charge is 0.478 e. The van der Waals surface area contributed by atoms with Crippen molar-refractivity contribution < 1.29 is 23.8 Å². The van der Waals surface area contributed by atoms with Crippen molar-refractivity contribution in [3.05, 3.63) is 77.1 Å². The van der Waals surface area contributed by atoms with Crippen LogP contribution in [0.15, 0.2) is 60.7 Å². The number of carboxylic acids is 1. The molecule has 38 heavy (non-hydrogen) atoms. The minimum atomic E-state index is -1.04. The molecule has 3 aromatic rings. The number of carboxylic acid groups (broad SMARTS) is 1. The van der Waals surface area contributed by atoms with Crippen LogP contribution in [0.25, 0.3) is 11.1 Å². The number of nitrogens with one attached hydrogen (secondary N) is 2. The number of benzene rings is 3. The molecule has 1 aliphatic rings. The lowest BCUT2D eigenvalue weighted by Gasteiger charge is -2.37. The molecule has 1 aliphatic carbocycles. The molecule has 2 amide bonds. The summed E-state index contributed by atoms with van der Waals surface area (Å²) in [6.45, 7) is 1.12. The van der Waals surface area contributed by atoms with E-state index in [0.29, 0.717) is 30.0 Å². The first-order valence-electron chi connectivity index (χ1n) is 12.6. The molecule has 0 atom stereocenters. The highest BCUT2D eigenvalue weighted by Crippen LogP contribution is 2.36. The van der Waals surface area contributed by atoms with Gasteiger partial charge in [0.1, 0.15) is 5.82 Å². The number of ether oxygens (including phenoxy) is 1. The van der Waals surface area contributed by atoms with E-state index < -0.39 is 17.8 Å². The van der Waals surface area contributed by atoms with Crippen LogP contribution >= 0.6 is 11.6 Å². The molecular formula is C29H31ClFN3O4. The first-order valence-corrected chi connectivity index (χ1v) is 13.0. The van der Waals surface area contributed by atoms with Crippen molar-refractivity contribution in [1.29, 1.82) is 0 Å². The Hall–Kier alpha value is -3.62. The Labute approximate surface area is 226 Å². The summed E-state index contributed by atoms with van der Waals surface area (Å²) >= 11 is 5.84. The van der Waals surface area contributed by atoms with Crippen molar-refractivity contribution in [3.63, 3.8) is 0 Å². The molecule has 0 unspecified atom stereocenters. The van der Waals surface area contributed by atoms with Gasteiger partial charge in [0.15, 0.2) is 0 Å². The lowest BCUT2D eigenvalue weighted by Crippen LogP contribution is -2.39. The normalized spacial score (nSPS) is 13.7. The van der Waals surface area contributed by atoms with Gasteiger partial charge < -0.3 is 25.4 Å². The SMILES string of the molecule is COCCN(c1ccc(-c2ccccc2C(=O)O)cc1NC(=O)Nc1ccc(Cl)cc1F)C1CCCCC1. The maximum Gasteiger partial charge on any atom is 0.336 e. The maximum absolute atomic E-state index is 14.3. The second-order valence-electron chi connectivity index (χ2n) is 9.26. The molecular weight excluding hydrogens is 509 g/mol. The number of anilines is 3. The highest BCUT2D eigenvalue weighted by Gasteiger charge is 2.25. The van der Waals surface area contributed by atoms with E-state index in [9.17, 15) is 19.1 Å². The Morgan fingerprint density at radius 2 is 1.76 bits per heavy atom. The van der Waals surface area contributed by atoms with Crippen LogP contribution in [0.3, 0.4) is 0 Å². The average molecular weight is 540 g/mol. The predicted molar refractivity (Wildman–Crippen MR) is 149 cm³/mol. The quantitative estimate of drug-likeness (QED) is 0.266. The number of carbonyl (C=O) groups is 2. The zero-order chi connectivity index (χ0) is 27.1. The summed E-state index contributed by atoms with van der Waals surface area (Å²) in [6.07, 6.45) is 5.48. The Morgan fingerprint density at radius 1 is 1.03 bits per heavy atom. The van der Waals surface area contributed by atoms with Crippen LogP contribution in [-0.2, 0) is 4.74 Å². The number of halogens is 2. The fraction of sp³-hybridized carbons (Fsp3) is 0.310. The average Bonchev–Trinajstić information content (AvgIpc) is 2.91. The van der Waals surface area contributed by atoms with Gasteiger partial charge in [-0.3, -0.25) is 0 Å². The molecule has 3 aromatic carbocycles. The Bertz CT molecular complexity index is 1300. The van der Waals surface area contributed by atoms with E-state index >= 15 is 0 Å². The zero-order valence-corrected chi connectivity index (χ0v) is 21.9. The maximum atomic E-state index is 14.3. The third-order valence-corrected chi connectivity index (χ3v) is 6.99. The van der Waals surface area contributed by atoms with E-state index in [-0.39, 0.29) is 22.3 Å². The lowest BCUT2D eigenvalue weighted by atomic mass is 9.93. The van der Waals surface area contributed by atoms with Crippen molar-refractivity contribution in [2.24, 2.45) is 0 Å². The van der Waals surface area contributed by atoms with Gasteiger partial charge in [-0.25, -0.2) is 14.0 Å². The van der Waals surface area contributed by atoms with Crippen LogP contribution in [0.1, 0.15) is 42.5 Å². The highest BCUT2D eigenvalue weighted by atomic mass is 35.5. The molecule has 9 heteroatoms. The summed E-state index contributed by atoms with van der Waals surface area (Å²) in [5, 5.41) is 15.4. The van der Waals surface area contributed by atoms with Gasteiger partial charge in [0.2, 0.25) is 0 Å². The van der Waals surface area contributed by atoms with Gasteiger partial charge in [0, 0.05) is 24.7 Å². The summed E-state index contributed by atoms with van der Waals surface area (Å²) in [5.74, 6) is -1.69. The highest BCUT2D eigenvalue weighted by molar-refractivity contribution is 6.30. The van der Waals surface area contributed by atoms with E-state index in [2.05, 4.69) is 15.5 Å². The fourth-order valence-electron chi connectivity index (χ4n) is 4.92. The lowest BCUT2D eigenvalue weighted by molar-refractivity contribution is 0.0697. The number of nitrogens with zero attached hydrogens (tertiary/aromatic N) is 1. The predicted octanol–water partition coefficient (Wildman–Crippen LogP) is 7.27. The minimum absolute atomic E-state index is 0.00986. The van der Waals surface area contributed by atoms with Crippen LogP contribution in [0.4, 0.5) is 26.2 Å². The molecule has 3 N–H and O–H groups in total. The van der Waals surface area contributed by atoms with Crippen molar-refractivity contribution in [2.75, 3.05) is 35.8 Å². The van der Waals surface area contributed by atoms with Crippen molar-refractivity contribution in [3.8, 4) is 11.1 Å². The molecule has 0 bridgehead atoms. The minimum Gasteiger partial charge on any atom is -0.478 e. The van der Waals surface area contributed by atoms with Gasteiger partial charge in [-0.15, -0.1) is 0 Å². The first-order chi connectivity index (χ1) is 18.4. The fourth-order valence-corrected chi connectivity index (χ4v) is 5.08. The van der Waals surface area contributed by atoms with Gasteiger partial charge in [0.05, 0.1) is 29.2 Å². The number of hydrogen-bond acceptors (Lipinski definition) is 4. The number of carbonyl (C=O) groups excluding carboxylic acids is 1. The van der Waals surface area contributed by atoms with Gasteiger partial charge in [-0.05, 0) is 60.4 Å². The Kier molecular flexibility index (Phi) is 9.20. The third kappa shape index (κ3) is 6.62. The number of amides is 2. The van der Waals surface area contributed by atoms with E-state index in [1.54, 1.807) is 37.4 Å². The van der Waals surface area contributed by atoms with Crippen molar-refractivity contribution >= 4 is 40.7 Å². The molecule has 4 rings (SSSR count). The second kappa shape index (κ2) is 12.8. The van der Waals surface area contributed by atoms with E-state index in [4.69, 9.17) is 16.3 Å². The number of rotatable bonds is 9. The van der Waals surface area contributed by atoms with Gasteiger partial charge in [-0.2, -0.15) is 0 Å². The Morgan fingerprint density at radius 3 is 2.47 bits per heavy atom. The standard InChI is InChI=1S/C29H31ClFN3O4/c1-38-16-15-34(21-7-3-2-4-8-21)27-14-11-19(22-9-5-6-10-23(22)28(35)36)17-26(27)33-29(37)32-25-13-12-20(30)18-24(25)31/h5-6,9-14,17-18,21H,2-4,7-8,15-16H2,1H3,(H,35,36)(H2,32,33,37). The van der Waals surface area contributed by atoms with Crippen molar-refractivity contribution in [1.82, 2.24) is 0 Å². The number of methoxy groups -OCH3 is 1. The number of aromatic carboxylic acids is 1. The third-order valence-electron chi connectivity index (χ3n) is 6.75. The van der Waals surface area contributed by atoms with Crippen LogP contribution in [0, 0.1) is 5.82 Å². The summed E-state index contributed by atoms with van der Waals surface area (Å²) < 4.78 is 19.7. The zero-order valence-electron chi connectivity index (χ0n) is 21.2. The van der Waals surface area contributed by atoms with E-state index in [1.165, 1.54) is 18.6 Å². The van der Waals surface area contributed by atoms with E-state index in [0.717, 1.165) is 37.4 Å². The summed E-state index contributed by atoms with van der Waals surface area (Å²) in [4.78, 5) is 27.2. The summed E-state index contributed by atoms with van der Waals surface area (Å²) in [6, 6.07) is 15.9. The summed E-state index contributed by atoms with van der Waals surface area (Å²) in [5.41, 5.74) is 2.58. The monoisotopic (exact) mass is 539 g/mol. The molecule has 1 saturated carbocycles. The molecule has 0 radical (unpaired) electrons. The van der Waals surface area contributed by atoms with Gasteiger partial charge >= 0.3 is 12.0 Å². The smallest absolute Gasteiger partial charge is 0.336 e. The van der Waals surface area contributed by atoms with Crippen LogP contribution in [-0.4, -0.2) is 43.4 Å². The molecule has 0 aliphatic heterocycles. The molecule has 0 aromatic heterocycles. The Balaban J connectivity index is 1.74. The molecule has 0 heterocycles. The van der Waals surface area contributed by atoms with Gasteiger partial charge in [-0.1, -0.05) is 55.1 Å². The van der Waals surface area contributed by atoms with Gasteiger partial charge in [0.25, 0.3) is 0 Å². The van der Waals surface area contributed by atoms with Crippen LogP contribution in [0.5, 0.6) is 0 Å². The van der Waals surface area contributed by atoms with Crippen molar-refractivity contribution in [2.45, 2.75) is 38.1 Å². The van der Waals surface area contributed by atoms with E-state index in [1.807, 2.05) is 12.1 Å². The second-order valence-corrected chi connectivity index (χ2v) is 9.70. The first kappa shape index (κ1) is 27.4. The topological polar surface area (TPSA) is 90.9 Å². The molecule has 200 valence electrons. The van der Waals surface area contributed by atoms with Crippen LogP contribution in [0.2, 0.25) is 5.02 Å². The van der Waals surface area contributed by atoms with Crippen LogP contribution < -0.4 is 15.5 Å². The summed E-state index contributed by atoms with van der Waals surface area (Å²) in [7, 11) is 1.65.